The molecule has 2 aromatic rings. The molecule has 0 saturated heterocycles. The van der Waals surface area contributed by atoms with Gasteiger partial charge in [0.2, 0.25) is 5.89 Å². The van der Waals surface area contributed by atoms with Crippen molar-refractivity contribution >= 4 is 29.6 Å². The van der Waals surface area contributed by atoms with Gasteiger partial charge >= 0.3 is 6.09 Å². The summed E-state index contributed by atoms with van der Waals surface area (Å²) in [5.41, 5.74) is 3.15. The van der Waals surface area contributed by atoms with E-state index in [1.54, 1.807) is 11.8 Å². The molecule has 0 aliphatic rings. The first kappa shape index (κ1) is 22.6. The van der Waals surface area contributed by atoms with Crippen molar-refractivity contribution in [3.05, 3.63) is 40.8 Å². The summed E-state index contributed by atoms with van der Waals surface area (Å²) in [5.74, 6) is 2.01. The Labute approximate surface area is 175 Å². The zero-order chi connectivity index (χ0) is 20.7. The Hall–Kier alpha value is -1.67. The first-order valence-corrected chi connectivity index (χ1v) is 11.6. The van der Waals surface area contributed by atoms with Gasteiger partial charge < -0.3 is 14.5 Å². The Morgan fingerprint density at radius 1 is 1.29 bits per heavy atom. The fourth-order valence-corrected chi connectivity index (χ4v) is 3.76. The molecule has 1 aromatic heterocycles. The largest absolute Gasteiger partial charge is 0.444 e. The van der Waals surface area contributed by atoms with Crippen LogP contribution in [0.25, 0.3) is 0 Å². The summed E-state index contributed by atoms with van der Waals surface area (Å²) in [6.45, 7) is 9.67. The van der Waals surface area contributed by atoms with Gasteiger partial charge in [0.25, 0.3) is 5.22 Å². The van der Waals surface area contributed by atoms with Crippen molar-refractivity contribution in [2.45, 2.75) is 63.7 Å². The van der Waals surface area contributed by atoms with Gasteiger partial charge in [-0.2, -0.15) is 11.8 Å². The van der Waals surface area contributed by atoms with E-state index in [0.29, 0.717) is 17.5 Å². The average molecular weight is 424 g/mol. The quantitative estimate of drug-likeness (QED) is 0.577. The molecular weight excluding hydrogens is 394 g/mol. The minimum atomic E-state index is -0.560. The van der Waals surface area contributed by atoms with Gasteiger partial charge in [-0.1, -0.05) is 35.5 Å². The summed E-state index contributed by atoms with van der Waals surface area (Å²) in [7, 11) is 0. The number of ether oxygens (including phenoxy) is 1. The third-order valence-electron chi connectivity index (χ3n) is 3.88. The third-order valence-corrected chi connectivity index (χ3v) is 5.39. The lowest BCUT2D eigenvalue weighted by Gasteiger charge is -2.22. The number of amides is 1. The van der Waals surface area contributed by atoms with E-state index in [1.807, 2.05) is 27.0 Å². The second-order valence-corrected chi connectivity index (χ2v) is 9.52. The standard InChI is InChI=1S/C20H29N3O3S2/c1-13-7-8-14(2)15(11-13)12-28-19-23-22-17(25-19)16(9-10-27-6)21-18(24)26-20(3,4)5/h7-8,11,16H,9-10,12H2,1-6H3,(H,21,24)/t16-/m1/s1. The number of nitrogens with one attached hydrogen (secondary N) is 1. The molecule has 0 bridgehead atoms. The maximum Gasteiger partial charge on any atom is 0.408 e. The highest BCUT2D eigenvalue weighted by Crippen LogP contribution is 2.27. The number of rotatable bonds is 8. The van der Waals surface area contributed by atoms with Crippen LogP contribution in [-0.2, 0) is 10.5 Å². The van der Waals surface area contributed by atoms with Gasteiger partial charge in [0.05, 0.1) is 0 Å². The molecule has 6 nitrogen and oxygen atoms in total. The van der Waals surface area contributed by atoms with Gasteiger partial charge in [-0.25, -0.2) is 4.79 Å². The van der Waals surface area contributed by atoms with E-state index in [1.165, 1.54) is 28.5 Å². The normalized spacial score (nSPS) is 12.6. The van der Waals surface area contributed by atoms with Gasteiger partial charge in [-0.3, -0.25) is 0 Å². The van der Waals surface area contributed by atoms with Crippen LogP contribution in [0.2, 0.25) is 0 Å². The number of carbonyl (C=O) groups excluding carboxylic acids is 1. The maximum atomic E-state index is 12.2. The van der Waals surface area contributed by atoms with E-state index >= 15 is 0 Å². The van der Waals surface area contributed by atoms with E-state index in [9.17, 15) is 4.79 Å². The lowest BCUT2D eigenvalue weighted by molar-refractivity contribution is 0.0493. The van der Waals surface area contributed by atoms with E-state index in [-0.39, 0.29) is 6.04 Å². The molecule has 0 saturated carbocycles. The predicted molar refractivity (Wildman–Crippen MR) is 115 cm³/mol. The Balaban J connectivity index is 2.03. The van der Waals surface area contributed by atoms with Gasteiger partial charge in [-0.05, 0) is 64.2 Å². The first-order chi connectivity index (χ1) is 13.2. The molecule has 0 unspecified atom stereocenters. The number of aryl methyl sites for hydroxylation is 2. The van der Waals surface area contributed by atoms with Crippen molar-refractivity contribution in [3.8, 4) is 0 Å². The molecule has 0 fully saturated rings. The Kier molecular flexibility index (Phi) is 8.24. The topological polar surface area (TPSA) is 77.2 Å². The minimum Gasteiger partial charge on any atom is -0.444 e. The lowest BCUT2D eigenvalue weighted by Crippen LogP contribution is -2.35. The highest BCUT2D eigenvalue weighted by atomic mass is 32.2. The molecule has 2 rings (SSSR count). The number of alkyl carbamates (subject to hydrolysis) is 1. The number of carbonyl (C=O) groups is 1. The van der Waals surface area contributed by atoms with Crippen LogP contribution in [0.3, 0.4) is 0 Å². The van der Waals surface area contributed by atoms with Crippen LogP contribution in [0, 0.1) is 13.8 Å². The minimum absolute atomic E-state index is 0.371. The second-order valence-electron chi connectivity index (χ2n) is 7.61. The molecule has 1 amide bonds. The Bertz CT molecular complexity index is 787. The zero-order valence-corrected chi connectivity index (χ0v) is 19.0. The first-order valence-electron chi connectivity index (χ1n) is 9.18. The van der Waals surface area contributed by atoms with Crippen LogP contribution in [0.15, 0.2) is 27.8 Å². The summed E-state index contributed by atoms with van der Waals surface area (Å²) in [5, 5.41) is 11.6. The van der Waals surface area contributed by atoms with Crippen LogP contribution >= 0.6 is 23.5 Å². The molecule has 154 valence electrons. The van der Waals surface area contributed by atoms with Crippen molar-refractivity contribution in [3.63, 3.8) is 0 Å². The fraction of sp³-hybridized carbons (Fsp3) is 0.550. The van der Waals surface area contributed by atoms with Crippen LogP contribution in [0.1, 0.15) is 55.8 Å². The molecule has 1 aromatic carbocycles. The van der Waals surface area contributed by atoms with E-state index < -0.39 is 11.7 Å². The van der Waals surface area contributed by atoms with E-state index in [4.69, 9.17) is 9.15 Å². The van der Waals surface area contributed by atoms with Gasteiger partial charge in [0.15, 0.2) is 0 Å². The predicted octanol–water partition coefficient (Wildman–Crippen LogP) is 5.30. The van der Waals surface area contributed by atoms with Gasteiger partial charge in [0.1, 0.15) is 11.6 Å². The van der Waals surface area contributed by atoms with Crippen LogP contribution in [0.5, 0.6) is 0 Å². The lowest BCUT2D eigenvalue weighted by atomic mass is 10.1. The average Bonchev–Trinajstić information content (AvgIpc) is 3.06. The van der Waals surface area contributed by atoms with Crippen LogP contribution in [-0.4, -0.2) is 33.9 Å². The fourth-order valence-electron chi connectivity index (χ4n) is 2.46. The third kappa shape index (κ3) is 7.39. The molecule has 0 aliphatic heterocycles. The Morgan fingerprint density at radius 3 is 2.71 bits per heavy atom. The van der Waals surface area contributed by atoms with E-state index in [0.717, 1.165) is 11.5 Å². The number of nitrogens with zero attached hydrogens (tertiary/aromatic N) is 2. The van der Waals surface area contributed by atoms with Crippen LogP contribution < -0.4 is 5.32 Å². The monoisotopic (exact) mass is 423 g/mol. The number of benzene rings is 1. The van der Waals surface area contributed by atoms with Crippen LogP contribution in [0.4, 0.5) is 4.79 Å². The smallest absolute Gasteiger partial charge is 0.408 e. The molecule has 0 radical (unpaired) electrons. The Morgan fingerprint density at radius 2 is 2.04 bits per heavy atom. The summed E-state index contributed by atoms with van der Waals surface area (Å²) in [6.07, 6.45) is 2.22. The van der Waals surface area contributed by atoms with Crippen molar-refractivity contribution in [1.29, 1.82) is 0 Å². The number of hydrogen-bond acceptors (Lipinski definition) is 7. The number of thioether (sulfide) groups is 2. The maximum absolute atomic E-state index is 12.2. The highest BCUT2D eigenvalue weighted by molar-refractivity contribution is 7.98. The molecule has 8 heteroatoms. The van der Waals surface area contributed by atoms with E-state index in [2.05, 4.69) is 47.6 Å². The van der Waals surface area contributed by atoms with Crippen molar-refractivity contribution < 1.29 is 13.9 Å². The summed E-state index contributed by atoms with van der Waals surface area (Å²) in [6, 6.07) is 6.02. The summed E-state index contributed by atoms with van der Waals surface area (Å²) in [4.78, 5) is 12.2. The molecule has 28 heavy (non-hydrogen) atoms. The SMILES string of the molecule is CSCC[C@@H](NC(=O)OC(C)(C)C)c1nnc(SCc2cc(C)ccc2C)o1. The summed E-state index contributed by atoms with van der Waals surface area (Å²) < 4.78 is 11.2. The molecule has 1 atom stereocenters. The zero-order valence-electron chi connectivity index (χ0n) is 17.4. The van der Waals surface area contributed by atoms with Crippen molar-refractivity contribution in [1.82, 2.24) is 15.5 Å². The van der Waals surface area contributed by atoms with Crippen molar-refractivity contribution in [2.24, 2.45) is 0 Å². The molecule has 1 N–H and O–H groups in total. The molecule has 0 aliphatic carbocycles. The van der Waals surface area contributed by atoms with Gasteiger partial charge in [-0.15, -0.1) is 10.2 Å². The summed E-state index contributed by atoms with van der Waals surface area (Å²) >= 11 is 3.19. The molecule has 0 spiro atoms. The molecular formula is C20H29N3O3S2. The molecule has 1 heterocycles. The number of aromatic nitrogens is 2. The second kappa shape index (κ2) is 10.2. The number of hydrogen-bond donors (Lipinski definition) is 1. The van der Waals surface area contributed by atoms with Crippen molar-refractivity contribution in [2.75, 3.05) is 12.0 Å². The van der Waals surface area contributed by atoms with Gasteiger partial charge in [0, 0.05) is 5.75 Å². The highest BCUT2D eigenvalue weighted by Gasteiger charge is 2.24.